The van der Waals surface area contributed by atoms with Crippen LogP contribution in [0.3, 0.4) is 0 Å². The molecule has 0 spiro atoms. The lowest BCUT2D eigenvalue weighted by Crippen LogP contribution is -2.24. The van der Waals surface area contributed by atoms with Gasteiger partial charge in [0.2, 0.25) is 0 Å². The van der Waals surface area contributed by atoms with E-state index >= 15 is 0 Å². The Hall–Kier alpha value is -0.900. The third-order valence-corrected chi connectivity index (χ3v) is 2.66. The molecule has 0 saturated carbocycles. The van der Waals surface area contributed by atoms with Gasteiger partial charge in [0.25, 0.3) is 0 Å². The molecule has 0 fully saturated rings. The summed E-state index contributed by atoms with van der Waals surface area (Å²) in [6.07, 6.45) is 6.21. The van der Waals surface area contributed by atoms with Crippen molar-refractivity contribution in [1.82, 2.24) is 20.1 Å². The maximum absolute atomic E-state index is 4.20. The van der Waals surface area contributed by atoms with Gasteiger partial charge in [0, 0.05) is 19.5 Å². The number of nitrogens with zero attached hydrogens (tertiary/aromatic N) is 3. The van der Waals surface area contributed by atoms with Gasteiger partial charge in [0.05, 0.1) is 0 Å². The fourth-order valence-electron chi connectivity index (χ4n) is 1.61. The van der Waals surface area contributed by atoms with Crippen molar-refractivity contribution in [3.63, 3.8) is 0 Å². The number of nitrogens with one attached hydrogen (secondary N) is 1. The number of aryl methyl sites for hydroxylation is 2. The molecule has 0 aliphatic rings. The Morgan fingerprint density at radius 3 is 2.86 bits per heavy atom. The second kappa shape index (κ2) is 5.75. The lowest BCUT2D eigenvalue weighted by atomic mass is 10.1. The molecule has 80 valence electrons. The summed E-state index contributed by atoms with van der Waals surface area (Å²) >= 11 is 0. The fraction of sp³-hybridized carbons (Fsp3) is 0.800. The van der Waals surface area contributed by atoms with Gasteiger partial charge in [-0.05, 0) is 26.3 Å². The normalized spacial score (nSPS) is 13.1. The average molecular weight is 196 g/mol. The highest BCUT2D eigenvalue weighted by molar-refractivity contribution is 4.83. The maximum Gasteiger partial charge on any atom is 0.138 e. The molecule has 0 aliphatic heterocycles. The van der Waals surface area contributed by atoms with E-state index < -0.39 is 0 Å². The van der Waals surface area contributed by atoms with E-state index in [9.17, 15) is 0 Å². The Morgan fingerprint density at radius 1 is 1.57 bits per heavy atom. The van der Waals surface area contributed by atoms with Crippen LogP contribution in [0.4, 0.5) is 0 Å². The molecule has 1 heterocycles. The van der Waals surface area contributed by atoms with E-state index in [1.807, 2.05) is 18.8 Å². The Balaban J connectivity index is 2.24. The van der Waals surface area contributed by atoms with Crippen molar-refractivity contribution in [2.24, 2.45) is 7.05 Å². The topological polar surface area (TPSA) is 42.7 Å². The Kier molecular flexibility index (Phi) is 4.59. The van der Waals surface area contributed by atoms with E-state index in [0.717, 1.165) is 12.2 Å². The molecule has 1 atom stereocenters. The first-order valence-electron chi connectivity index (χ1n) is 5.28. The van der Waals surface area contributed by atoms with E-state index in [1.54, 1.807) is 6.33 Å². The molecular formula is C10H20N4. The van der Waals surface area contributed by atoms with E-state index in [1.165, 1.54) is 19.3 Å². The number of aromatic nitrogens is 3. The minimum Gasteiger partial charge on any atom is -0.317 e. The average Bonchev–Trinajstić information content (AvgIpc) is 2.59. The molecule has 0 amide bonds. The molecule has 0 saturated heterocycles. The first kappa shape index (κ1) is 11.2. The summed E-state index contributed by atoms with van der Waals surface area (Å²) in [6, 6.07) is 0.642. The van der Waals surface area contributed by atoms with Crippen LogP contribution in [0.15, 0.2) is 6.33 Å². The fourth-order valence-corrected chi connectivity index (χ4v) is 1.61. The smallest absolute Gasteiger partial charge is 0.138 e. The summed E-state index contributed by atoms with van der Waals surface area (Å²) in [5.41, 5.74) is 0. The van der Waals surface area contributed by atoms with Crippen LogP contribution in [0.1, 0.15) is 32.0 Å². The van der Waals surface area contributed by atoms with E-state index in [-0.39, 0.29) is 0 Å². The molecule has 1 aromatic heterocycles. The molecule has 1 aromatic rings. The van der Waals surface area contributed by atoms with Gasteiger partial charge in [-0.3, -0.25) is 4.68 Å². The maximum atomic E-state index is 4.20. The van der Waals surface area contributed by atoms with Gasteiger partial charge >= 0.3 is 0 Å². The van der Waals surface area contributed by atoms with Gasteiger partial charge in [-0.15, -0.1) is 0 Å². The molecule has 0 bridgehead atoms. The number of hydrogen-bond acceptors (Lipinski definition) is 3. The van der Waals surface area contributed by atoms with Crippen LogP contribution >= 0.6 is 0 Å². The van der Waals surface area contributed by atoms with Gasteiger partial charge in [-0.2, -0.15) is 5.10 Å². The molecule has 0 radical (unpaired) electrons. The van der Waals surface area contributed by atoms with Gasteiger partial charge in [0.15, 0.2) is 0 Å². The van der Waals surface area contributed by atoms with Crippen molar-refractivity contribution in [3.8, 4) is 0 Å². The third kappa shape index (κ3) is 3.10. The third-order valence-electron chi connectivity index (χ3n) is 2.66. The van der Waals surface area contributed by atoms with Crippen LogP contribution < -0.4 is 5.32 Å². The van der Waals surface area contributed by atoms with E-state index in [4.69, 9.17) is 0 Å². The van der Waals surface area contributed by atoms with Crippen molar-refractivity contribution in [2.75, 3.05) is 7.05 Å². The summed E-state index contributed by atoms with van der Waals surface area (Å²) in [4.78, 5) is 4.20. The second-order valence-electron chi connectivity index (χ2n) is 3.59. The largest absolute Gasteiger partial charge is 0.317 e. The number of hydrogen-bond donors (Lipinski definition) is 1. The highest BCUT2D eigenvalue weighted by atomic mass is 15.3. The molecule has 4 heteroatoms. The lowest BCUT2D eigenvalue weighted by Gasteiger charge is -2.12. The Bertz CT molecular complexity index is 252. The summed E-state index contributed by atoms with van der Waals surface area (Å²) in [5, 5.41) is 7.35. The molecule has 1 unspecified atom stereocenters. The molecule has 1 N–H and O–H groups in total. The zero-order valence-corrected chi connectivity index (χ0v) is 9.32. The highest BCUT2D eigenvalue weighted by Crippen LogP contribution is 2.05. The van der Waals surface area contributed by atoms with Crippen molar-refractivity contribution in [1.29, 1.82) is 0 Å². The zero-order valence-electron chi connectivity index (χ0n) is 9.32. The van der Waals surface area contributed by atoms with Crippen LogP contribution in [0.25, 0.3) is 0 Å². The second-order valence-corrected chi connectivity index (χ2v) is 3.59. The van der Waals surface area contributed by atoms with Crippen LogP contribution in [0, 0.1) is 0 Å². The predicted octanol–water partition coefficient (Wildman–Crippen LogP) is 1.14. The van der Waals surface area contributed by atoms with Crippen LogP contribution in [-0.4, -0.2) is 27.9 Å². The highest BCUT2D eigenvalue weighted by Gasteiger charge is 2.04. The molecule has 4 nitrogen and oxygen atoms in total. The van der Waals surface area contributed by atoms with E-state index in [2.05, 4.69) is 22.3 Å². The molecule has 0 aromatic carbocycles. The molecule has 14 heavy (non-hydrogen) atoms. The summed E-state index contributed by atoms with van der Waals surface area (Å²) in [5.74, 6) is 1.08. The minimum absolute atomic E-state index is 0.642. The van der Waals surface area contributed by atoms with Gasteiger partial charge in [-0.25, -0.2) is 4.98 Å². The van der Waals surface area contributed by atoms with Crippen LogP contribution in [-0.2, 0) is 13.5 Å². The van der Waals surface area contributed by atoms with Crippen LogP contribution in [0.2, 0.25) is 0 Å². The minimum atomic E-state index is 0.642. The quantitative estimate of drug-likeness (QED) is 0.742. The van der Waals surface area contributed by atoms with Crippen molar-refractivity contribution in [2.45, 2.75) is 38.6 Å². The van der Waals surface area contributed by atoms with Crippen molar-refractivity contribution >= 4 is 0 Å². The molecule has 1 rings (SSSR count). The van der Waals surface area contributed by atoms with Crippen LogP contribution in [0.5, 0.6) is 0 Å². The number of rotatable bonds is 6. The Morgan fingerprint density at radius 2 is 2.36 bits per heavy atom. The molecular weight excluding hydrogens is 176 g/mol. The molecule has 0 aliphatic carbocycles. The van der Waals surface area contributed by atoms with Crippen molar-refractivity contribution < 1.29 is 0 Å². The van der Waals surface area contributed by atoms with Crippen molar-refractivity contribution in [3.05, 3.63) is 12.2 Å². The van der Waals surface area contributed by atoms with Gasteiger partial charge < -0.3 is 5.32 Å². The lowest BCUT2D eigenvalue weighted by molar-refractivity contribution is 0.485. The predicted molar refractivity (Wildman–Crippen MR) is 57.1 cm³/mol. The first-order chi connectivity index (χ1) is 6.77. The SMILES string of the molecule is CCC(CCCc1ncnn1C)NC. The first-order valence-corrected chi connectivity index (χ1v) is 5.28. The zero-order chi connectivity index (χ0) is 10.4. The summed E-state index contributed by atoms with van der Waals surface area (Å²) < 4.78 is 1.85. The summed E-state index contributed by atoms with van der Waals surface area (Å²) in [7, 11) is 3.97. The Labute approximate surface area is 85.7 Å². The van der Waals surface area contributed by atoms with Gasteiger partial charge in [0.1, 0.15) is 12.2 Å². The van der Waals surface area contributed by atoms with Gasteiger partial charge in [-0.1, -0.05) is 6.92 Å². The summed E-state index contributed by atoms with van der Waals surface area (Å²) in [6.45, 7) is 2.21. The monoisotopic (exact) mass is 196 g/mol. The van der Waals surface area contributed by atoms with E-state index in [0.29, 0.717) is 6.04 Å². The standard InChI is InChI=1S/C10H20N4/c1-4-9(11-2)6-5-7-10-12-8-13-14(10)3/h8-9,11H,4-7H2,1-3H3.